The number of nitrogens with zero attached hydrogens (tertiary/aromatic N) is 1. The number of thioether (sulfide) groups is 1. The molecule has 0 aromatic heterocycles. The first kappa shape index (κ1) is 14.6. The second-order valence-electron chi connectivity index (χ2n) is 4.81. The number of nitrogens with one attached hydrogen (secondary N) is 2. The molecule has 0 saturated heterocycles. The SMILES string of the molecule is CNc1ccc(C(=O)NCC2(SC)CC2)cc1[N+](=O)[O-]. The molecule has 1 aliphatic carbocycles. The van der Waals surface area contributed by atoms with Gasteiger partial charge in [-0.2, -0.15) is 11.8 Å². The summed E-state index contributed by atoms with van der Waals surface area (Å²) >= 11 is 1.76. The lowest BCUT2D eigenvalue weighted by atomic mass is 10.1. The van der Waals surface area contributed by atoms with Gasteiger partial charge >= 0.3 is 0 Å². The van der Waals surface area contributed by atoms with Crippen molar-refractivity contribution in [1.82, 2.24) is 5.32 Å². The van der Waals surface area contributed by atoms with Crippen LogP contribution in [0.25, 0.3) is 0 Å². The Labute approximate surface area is 121 Å². The number of hydrogen-bond acceptors (Lipinski definition) is 5. The van der Waals surface area contributed by atoms with Gasteiger partial charge in [0.1, 0.15) is 5.69 Å². The van der Waals surface area contributed by atoms with Gasteiger partial charge in [-0.05, 0) is 31.2 Å². The van der Waals surface area contributed by atoms with Crippen LogP contribution in [0.2, 0.25) is 0 Å². The van der Waals surface area contributed by atoms with Crippen molar-refractivity contribution >= 4 is 29.0 Å². The maximum absolute atomic E-state index is 12.0. The van der Waals surface area contributed by atoms with E-state index in [4.69, 9.17) is 0 Å². The van der Waals surface area contributed by atoms with Crippen LogP contribution < -0.4 is 10.6 Å². The second-order valence-corrected chi connectivity index (χ2v) is 6.08. The van der Waals surface area contributed by atoms with E-state index in [9.17, 15) is 14.9 Å². The quantitative estimate of drug-likeness (QED) is 0.621. The minimum absolute atomic E-state index is 0.0915. The Morgan fingerprint density at radius 3 is 2.70 bits per heavy atom. The lowest BCUT2D eigenvalue weighted by Gasteiger charge is -2.13. The zero-order valence-corrected chi connectivity index (χ0v) is 12.3. The molecule has 108 valence electrons. The minimum atomic E-state index is -0.493. The smallest absolute Gasteiger partial charge is 0.293 e. The van der Waals surface area contributed by atoms with Crippen molar-refractivity contribution < 1.29 is 9.72 Å². The van der Waals surface area contributed by atoms with Crippen molar-refractivity contribution in [1.29, 1.82) is 0 Å². The number of anilines is 1. The summed E-state index contributed by atoms with van der Waals surface area (Å²) in [5.74, 6) is -0.268. The molecule has 1 aromatic carbocycles. The summed E-state index contributed by atoms with van der Waals surface area (Å²) in [6, 6.07) is 4.45. The van der Waals surface area contributed by atoms with Crippen LogP contribution in [0.4, 0.5) is 11.4 Å². The minimum Gasteiger partial charge on any atom is -0.383 e. The van der Waals surface area contributed by atoms with Crippen LogP contribution in [0.1, 0.15) is 23.2 Å². The molecule has 0 aliphatic heterocycles. The van der Waals surface area contributed by atoms with Crippen molar-refractivity contribution in [2.45, 2.75) is 17.6 Å². The van der Waals surface area contributed by atoms with Gasteiger partial charge in [-0.25, -0.2) is 0 Å². The molecule has 1 fully saturated rings. The summed E-state index contributed by atoms with van der Waals surface area (Å²) in [5, 5.41) is 16.6. The number of carbonyl (C=O) groups is 1. The third kappa shape index (κ3) is 3.04. The normalized spacial score (nSPS) is 15.5. The zero-order valence-electron chi connectivity index (χ0n) is 11.4. The predicted molar refractivity (Wildman–Crippen MR) is 80.5 cm³/mol. The molecule has 0 radical (unpaired) electrons. The van der Waals surface area contributed by atoms with Gasteiger partial charge < -0.3 is 10.6 Å². The topological polar surface area (TPSA) is 84.3 Å². The molecule has 0 heterocycles. The standard InChI is InChI=1S/C13H17N3O3S/c1-14-10-4-3-9(7-11(10)16(18)19)12(17)15-8-13(20-2)5-6-13/h3-4,7,14H,5-6,8H2,1-2H3,(H,15,17). The summed E-state index contributed by atoms with van der Waals surface area (Å²) in [5.41, 5.74) is 0.619. The first-order valence-electron chi connectivity index (χ1n) is 6.31. The highest BCUT2D eigenvalue weighted by molar-refractivity contribution is 8.00. The second kappa shape index (κ2) is 5.70. The van der Waals surface area contributed by atoms with E-state index in [0.717, 1.165) is 12.8 Å². The third-order valence-corrected chi connectivity index (χ3v) is 4.96. The van der Waals surface area contributed by atoms with E-state index < -0.39 is 4.92 Å². The molecular formula is C13H17N3O3S. The van der Waals surface area contributed by atoms with Crippen molar-refractivity contribution in [3.63, 3.8) is 0 Å². The Hall–Kier alpha value is -1.76. The monoisotopic (exact) mass is 295 g/mol. The first-order valence-corrected chi connectivity index (χ1v) is 7.53. The van der Waals surface area contributed by atoms with Crippen molar-refractivity contribution in [3.05, 3.63) is 33.9 Å². The molecule has 1 saturated carbocycles. The molecule has 20 heavy (non-hydrogen) atoms. The Bertz CT molecular complexity index is 544. The highest BCUT2D eigenvalue weighted by Gasteiger charge is 2.42. The van der Waals surface area contributed by atoms with E-state index in [1.807, 2.05) is 6.26 Å². The van der Waals surface area contributed by atoms with Gasteiger partial charge in [-0.3, -0.25) is 14.9 Å². The van der Waals surface area contributed by atoms with E-state index in [0.29, 0.717) is 17.8 Å². The largest absolute Gasteiger partial charge is 0.383 e. The Morgan fingerprint density at radius 2 is 2.20 bits per heavy atom. The average Bonchev–Trinajstić information content (AvgIpc) is 3.24. The van der Waals surface area contributed by atoms with Gasteiger partial charge in [0.2, 0.25) is 0 Å². The molecule has 0 bridgehead atoms. The molecule has 6 nitrogen and oxygen atoms in total. The fraction of sp³-hybridized carbons (Fsp3) is 0.462. The maximum atomic E-state index is 12.0. The zero-order chi connectivity index (χ0) is 14.8. The molecule has 1 amide bonds. The van der Waals surface area contributed by atoms with E-state index in [2.05, 4.69) is 10.6 Å². The number of nitro benzene ring substituents is 1. The highest BCUT2D eigenvalue weighted by atomic mass is 32.2. The summed E-state index contributed by atoms with van der Waals surface area (Å²) in [7, 11) is 1.61. The van der Waals surface area contributed by atoms with Crippen LogP contribution in [0.5, 0.6) is 0 Å². The van der Waals surface area contributed by atoms with Gasteiger partial charge in [-0.1, -0.05) is 0 Å². The number of amides is 1. The molecule has 0 unspecified atom stereocenters. The van der Waals surface area contributed by atoms with Gasteiger partial charge in [0.15, 0.2) is 0 Å². The highest BCUT2D eigenvalue weighted by Crippen LogP contribution is 2.46. The van der Waals surface area contributed by atoms with Gasteiger partial charge in [0.25, 0.3) is 11.6 Å². The van der Waals surface area contributed by atoms with E-state index in [1.165, 1.54) is 6.07 Å². The summed E-state index contributed by atoms with van der Waals surface area (Å²) in [6.45, 7) is 0.606. The van der Waals surface area contributed by atoms with Crippen molar-refractivity contribution in [2.24, 2.45) is 0 Å². The first-order chi connectivity index (χ1) is 9.51. The number of carbonyl (C=O) groups excluding carboxylic acids is 1. The van der Waals surface area contributed by atoms with Crippen LogP contribution in [-0.4, -0.2) is 35.4 Å². The molecule has 0 spiro atoms. The lowest BCUT2D eigenvalue weighted by molar-refractivity contribution is -0.384. The van der Waals surface area contributed by atoms with Gasteiger partial charge in [-0.15, -0.1) is 0 Å². The lowest BCUT2D eigenvalue weighted by Crippen LogP contribution is -2.31. The molecular weight excluding hydrogens is 278 g/mol. The Morgan fingerprint density at radius 1 is 1.50 bits per heavy atom. The fourth-order valence-electron chi connectivity index (χ4n) is 1.97. The summed E-state index contributed by atoms with van der Waals surface area (Å²) in [4.78, 5) is 22.5. The number of benzene rings is 1. The Balaban J connectivity index is 2.10. The molecule has 1 aliphatic rings. The van der Waals surface area contributed by atoms with Crippen LogP contribution in [-0.2, 0) is 0 Å². The van der Waals surface area contributed by atoms with Crippen molar-refractivity contribution in [3.8, 4) is 0 Å². The van der Waals surface area contributed by atoms with Crippen molar-refractivity contribution in [2.75, 3.05) is 25.2 Å². The average molecular weight is 295 g/mol. The molecule has 7 heteroatoms. The van der Waals surface area contributed by atoms with Crippen LogP contribution >= 0.6 is 11.8 Å². The van der Waals surface area contributed by atoms with Crippen LogP contribution in [0.3, 0.4) is 0 Å². The molecule has 0 atom stereocenters. The van der Waals surface area contributed by atoms with Gasteiger partial charge in [0, 0.05) is 30.0 Å². The van der Waals surface area contributed by atoms with Gasteiger partial charge in [0.05, 0.1) is 4.92 Å². The predicted octanol–water partition coefficient (Wildman–Crippen LogP) is 2.26. The van der Waals surface area contributed by atoms with E-state index in [1.54, 1.807) is 30.9 Å². The van der Waals surface area contributed by atoms with E-state index in [-0.39, 0.29) is 16.3 Å². The third-order valence-electron chi connectivity index (χ3n) is 3.54. The van der Waals surface area contributed by atoms with E-state index >= 15 is 0 Å². The fourth-order valence-corrected chi connectivity index (χ4v) is 2.70. The van der Waals surface area contributed by atoms with Crippen LogP contribution in [0, 0.1) is 10.1 Å². The molecule has 2 N–H and O–H groups in total. The number of hydrogen-bond donors (Lipinski definition) is 2. The Kier molecular flexibility index (Phi) is 4.17. The number of rotatable bonds is 6. The molecule has 1 aromatic rings. The molecule has 2 rings (SSSR count). The van der Waals surface area contributed by atoms with Crippen LogP contribution in [0.15, 0.2) is 18.2 Å². The summed E-state index contributed by atoms with van der Waals surface area (Å²) < 4.78 is 0.173. The summed E-state index contributed by atoms with van der Waals surface area (Å²) in [6.07, 6.45) is 4.24. The maximum Gasteiger partial charge on any atom is 0.293 e. The number of nitro groups is 1.